The number of aliphatic carboxylic acids is 1. The van der Waals surface area contributed by atoms with E-state index in [0.29, 0.717) is 18.9 Å². The molecule has 5 nitrogen and oxygen atoms in total. The first-order valence-corrected chi connectivity index (χ1v) is 7.03. The second-order valence-electron chi connectivity index (χ2n) is 5.99. The molecule has 110 valence electrons. The number of hydrogen-bond acceptors (Lipinski definition) is 3. The van der Waals surface area contributed by atoms with Gasteiger partial charge in [0.1, 0.15) is 0 Å². The summed E-state index contributed by atoms with van der Waals surface area (Å²) in [6.45, 7) is 6.44. The number of carboxylic acids is 1. The van der Waals surface area contributed by atoms with Gasteiger partial charge in [0.15, 0.2) is 0 Å². The average Bonchev–Trinajstić information content (AvgIpc) is 2.38. The van der Waals surface area contributed by atoms with Crippen LogP contribution in [0.2, 0.25) is 0 Å². The molecule has 1 aliphatic rings. The number of piperidine rings is 1. The van der Waals surface area contributed by atoms with Gasteiger partial charge in [-0.25, -0.2) is 0 Å². The molecule has 1 amide bonds. The molecule has 1 atom stereocenters. The van der Waals surface area contributed by atoms with Crippen LogP contribution in [0.25, 0.3) is 0 Å². The summed E-state index contributed by atoms with van der Waals surface area (Å²) in [5, 5.41) is 12.0. The molecule has 1 heterocycles. The van der Waals surface area contributed by atoms with Crippen molar-refractivity contribution >= 4 is 11.9 Å². The SMILES string of the molecule is CN(CCCC(=O)O)C(=O)C(C)(C)C1CCCNC1. The summed E-state index contributed by atoms with van der Waals surface area (Å²) in [5.41, 5.74) is -0.384. The lowest BCUT2D eigenvalue weighted by molar-refractivity contribution is -0.143. The molecule has 0 spiro atoms. The summed E-state index contributed by atoms with van der Waals surface area (Å²) in [4.78, 5) is 24.7. The molecule has 1 saturated heterocycles. The maximum Gasteiger partial charge on any atom is 0.303 e. The molecule has 1 unspecified atom stereocenters. The van der Waals surface area contributed by atoms with Gasteiger partial charge in [0.05, 0.1) is 0 Å². The lowest BCUT2D eigenvalue weighted by Gasteiger charge is -2.38. The van der Waals surface area contributed by atoms with E-state index in [1.165, 1.54) is 0 Å². The molecule has 0 aromatic carbocycles. The summed E-state index contributed by atoms with van der Waals surface area (Å²) in [6, 6.07) is 0. The minimum absolute atomic E-state index is 0.114. The largest absolute Gasteiger partial charge is 0.481 e. The maximum absolute atomic E-state index is 12.5. The Balaban J connectivity index is 2.50. The van der Waals surface area contributed by atoms with Crippen molar-refractivity contribution in [3.8, 4) is 0 Å². The van der Waals surface area contributed by atoms with Crippen molar-refractivity contribution in [3.05, 3.63) is 0 Å². The molecule has 19 heavy (non-hydrogen) atoms. The van der Waals surface area contributed by atoms with Crippen LogP contribution in [0.3, 0.4) is 0 Å². The van der Waals surface area contributed by atoms with Crippen LogP contribution in [0.1, 0.15) is 39.5 Å². The van der Waals surface area contributed by atoms with Gasteiger partial charge in [-0.2, -0.15) is 0 Å². The first kappa shape index (κ1) is 16.0. The number of rotatable bonds is 6. The van der Waals surface area contributed by atoms with Gasteiger partial charge in [0.2, 0.25) is 5.91 Å². The minimum Gasteiger partial charge on any atom is -0.481 e. The number of hydrogen-bond donors (Lipinski definition) is 2. The van der Waals surface area contributed by atoms with E-state index in [1.54, 1.807) is 11.9 Å². The molecule has 5 heteroatoms. The topological polar surface area (TPSA) is 69.6 Å². The van der Waals surface area contributed by atoms with E-state index in [-0.39, 0.29) is 17.7 Å². The number of carboxylic acid groups (broad SMARTS) is 1. The van der Waals surface area contributed by atoms with Gasteiger partial charge in [0.25, 0.3) is 0 Å². The van der Waals surface area contributed by atoms with Crippen LogP contribution in [-0.4, -0.2) is 48.6 Å². The van der Waals surface area contributed by atoms with Crippen LogP contribution >= 0.6 is 0 Å². The van der Waals surface area contributed by atoms with E-state index in [2.05, 4.69) is 5.32 Å². The van der Waals surface area contributed by atoms with E-state index < -0.39 is 5.97 Å². The molecule has 0 aromatic rings. The summed E-state index contributed by atoms with van der Waals surface area (Å²) >= 11 is 0. The average molecular weight is 270 g/mol. The van der Waals surface area contributed by atoms with Gasteiger partial charge in [-0.1, -0.05) is 13.8 Å². The Kier molecular flexibility index (Phi) is 5.79. The Morgan fingerprint density at radius 3 is 2.63 bits per heavy atom. The molecule has 1 rings (SSSR count). The standard InChI is InChI=1S/C14H26N2O3/c1-14(2,11-6-4-8-15-10-11)13(19)16(3)9-5-7-12(17)18/h11,15H,4-10H2,1-3H3,(H,17,18). The highest BCUT2D eigenvalue weighted by Gasteiger charge is 2.38. The summed E-state index contributed by atoms with van der Waals surface area (Å²) in [7, 11) is 1.77. The van der Waals surface area contributed by atoms with Crippen molar-refractivity contribution in [1.29, 1.82) is 0 Å². The van der Waals surface area contributed by atoms with E-state index in [9.17, 15) is 9.59 Å². The quantitative estimate of drug-likeness (QED) is 0.764. The van der Waals surface area contributed by atoms with E-state index in [1.807, 2.05) is 13.8 Å². The number of amides is 1. The third kappa shape index (κ3) is 4.49. The first-order valence-electron chi connectivity index (χ1n) is 7.03. The Hall–Kier alpha value is -1.10. The number of nitrogens with one attached hydrogen (secondary N) is 1. The van der Waals surface area contributed by atoms with Crippen LogP contribution in [0.5, 0.6) is 0 Å². The van der Waals surface area contributed by atoms with Gasteiger partial charge in [-0.05, 0) is 38.3 Å². The van der Waals surface area contributed by atoms with Gasteiger partial charge in [-0.15, -0.1) is 0 Å². The maximum atomic E-state index is 12.5. The molecular formula is C14H26N2O3. The number of nitrogens with zero attached hydrogens (tertiary/aromatic N) is 1. The van der Waals surface area contributed by atoms with Gasteiger partial charge in [0, 0.05) is 25.4 Å². The first-order chi connectivity index (χ1) is 8.85. The third-order valence-electron chi connectivity index (χ3n) is 4.10. The molecule has 1 aliphatic heterocycles. The molecule has 0 aliphatic carbocycles. The fourth-order valence-electron chi connectivity index (χ4n) is 2.70. The van der Waals surface area contributed by atoms with Gasteiger partial charge < -0.3 is 15.3 Å². The minimum atomic E-state index is -0.809. The van der Waals surface area contributed by atoms with Crippen LogP contribution in [-0.2, 0) is 9.59 Å². The van der Waals surface area contributed by atoms with Crippen molar-refractivity contribution in [2.45, 2.75) is 39.5 Å². The molecular weight excluding hydrogens is 244 g/mol. The van der Waals surface area contributed by atoms with Gasteiger partial charge in [-0.3, -0.25) is 9.59 Å². The van der Waals surface area contributed by atoms with Crippen molar-refractivity contribution in [2.24, 2.45) is 11.3 Å². The Bertz CT molecular complexity index is 323. The lowest BCUT2D eigenvalue weighted by atomic mass is 9.74. The van der Waals surface area contributed by atoms with Crippen LogP contribution in [0, 0.1) is 11.3 Å². The van der Waals surface area contributed by atoms with Crippen molar-refractivity contribution in [2.75, 3.05) is 26.7 Å². The fraction of sp³-hybridized carbons (Fsp3) is 0.857. The predicted molar refractivity (Wildman–Crippen MR) is 73.9 cm³/mol. The second kappa shape index (κ2) is 6.89. The predicted octanol–water partition coefficient (Wildman–Crippen LogP) is 1.34. The van der Waals surface area contributed by atoms with Crippen LogP contribution in [0.15, 0.2) is 0 Å². The molecule has 2 N–H and O–H groups in total. The highest BCUT2D eigenvalue weighted by atomic mass is 16.4. The highest BCUT2D eigenvalue weighted by molar-refractivity contribution is 5.82. The molecule has 0 saturated carbocycles. The zero-order valence-electron chi connectivity index (χ0n) is 12.2. The van der Waals surface area contributed by atoms with E-state index in [4.69, 9.17) is 5.11 Å². The number of carbonyl (C=O) groups excluding carboxylic acids is 1. The summed E-state index contributed by atoms with van der Waals surface area (Å²) < 4.78 is 0. The Morgan fingerprint density at radius 2 is 2.11 bits per heavy atom. The van der Waals surface area contributed by atoms with Gasteiger partial charge >= 0.3 is 5.97 Å². The van der Waals surface area contributed by atoms with Crippen LogP contribution in [0.4, 0.5) is 0 Å². The Morgan fingerprint density at radius 1 is 1.42 bits per heavy atom. The van der Waals surface area contributed by atoms with Crippen LogP contribution < -0.4 is 5.32 Å². The van der Waals surface area contributed by atoms with Crippen molar-refractivity contribution in [3.63, 3.8) is 0 Å². The zero-order chi connectivity index (χ0) is 14.5. The normalized spacial score (nSPS) is 20.1. The molecule has 0 aromatic heterocycles. The Labute approximate surface area is 115 Å². The second-order valence-corrected chi connectivity index (χ2v) is 5.99. The lowest BCUT2D eigenvalue weighted by Crippen LogP contribution is -2.48. The summed E-state index contributed by atoms with van der Waals surface area (Å²) in [6.07, 6.45) is 2.82. The third-order valence-corrected chi connectivity index (χ3v) is 4.10. The molecule has 0 radical (unpaired) electrons. The zero-order valence-corrected chi connectivity index (χ0v) is 12.2. The molecule has 0 bridgehead atoms. The monoisotopic (exact) mass is 270 g/mol. The smallest absolute Gasteiger partial charge is 0.303 e. The van der Waals surface area contributed by atoms with Crippen molar-refractivity contribution in [1.82, 2.24) is 10.2 Å². The van der Waals surface area contributed by atoms with Crippen molar-refractivity contribution < 1.29 is 14.7 Å². The summed E-state index contributed by atoms with van der Waals surface area (Å²) in [5.74, 6) is -0.334. The number of carbonyl (C=O) groups is 2. The highest BCUT2D eigenvalue weighted by Crippen LogP contribution is 2.33. The fourth-order valence-corrected chi connectivity index (χ4v) is 2.70. The van der Waals surface area contributed by atoms with E-state index in [0.717, 1.165) is 25.9 Å². The van der Waals surface area contributed by atoms with E-state index >= 15 is 0 Å². The molecule has 1 fully saturated rings.